The summed E-state index contributed by atoms with van der Waals surface area (Å²) in [6.07, 6.45) is 3.32. The Hall–Kier alpha value is -4.00. The minimum Gasteiger partial charge on any atom is -0.497 e. The van der Waals surface area contributed by atoms with Gasteiger partial charge in [-0.2, -0.15) is 4.98 Å². The molecule has 0 unspecified atom stereocenters. The first-order valence-corrected chi connectivity index (χ1v) is 8.53. The van der Waals surface area contributed by atoms with Gasteiger partial charge in [0.2, 0.25) is 5.82 Å². The van der Waals surface area contributed by atoms with Crippen molar-refractivity contribution in [1.29, 1.82) is 0 Å². The van der Waals surface area contributed by atoms with Crippen molar-refractivity contribution in [3.8, 4) is 28.6 Å². The van der Waals surface area contributed by atoms with Crippen LogP contribution in [0.1, 0.15) is 10.4 Å². The van der Waals surface area contributed by atoms with Crippen LogP contribution in [0.15, 0.2) is 77.6 Å². The summed E-state index contributed by atoms with van der Waals surface area (Å²) in [7, 11) is 1.56. The van der Waals surface area contributed by atoms with E-state index in [0.29, 0.717) is 34.3 Å². The van der Waals surface area contributed by atoms with Gasteiger partial charge >= 0.3 is 0 Å². The molecule has 138 valence electrons. The molecule has 1 amide bonds. The van der Waals surface area contributed by atoms with Crippen molar-refractivity contribution < 1.29 is 14.1 Å². The van der Waals surface area contributed by atoms with Crippen molar-refractivity contribution in [1.82, 2.24) is 15.1 Å². The summed E-state index contributed by atoms with van der Waals surface area (Å²) < 4.78 is 10.6. The van der Waals surface area contributed by atoms with E-state index >= 15 is 0 Å². The third-order valence-electron chi connectivity index (χ3n) is 4.10. The van der Waals surface area contributed by atoms with Crippen molar-refractivity contribution in [2.45, 2.75) is 0 Å². The molecule has 2 aromatic heterocycles. The highest BCUT2D eigenvalue weighted by molar-refractivity contribution is 6.06. The predicted molar refractivity (Wildman–Crippen MR) is 104 cm³/mol. The Morgan fingerprint density at radius 3 is 2.68 bits per heavy atom. The Balaban J connectivity index is 1.62. The number of nitrogens with one attached hydrogen (secondary N) is 1. The fourth-order valence-electron chi connectivity index (χ4n) is 2.69. The average molecular weight is 372 g/mol. The first kappa shape index (κ1) is 17.4. The van der Waals surface area contributed by atoms with Crippen LogP contribution in [0.2, 0.25) is 0 Å². The van der Waals surface area contributed by atoms with Crippen LogP contribution < -0.4 is 10.1 Å². The van der Waals surface area contributed by atoms with Crippen molar-refractivity contribution >= 4 is 11.6 Å². The van der Waals surface area contributed by atoms with Gasteiger partial charge in [-0.05, 0) is 42.5 Å². The largest absolute Gasteiger partial charge is 0.497 e. The number of carbonyl (C=O) groups excluding carboxylic acids is 1. The van der Waals surface area contributed by atoms with Crippen molar-refractivity contribution in [3.63, 3.8) is 0 Å². The number of pyridine rings is 1. The number of ether oxygens (including phenoxy) is 1. The van der Waals surface area contributed by atoms with Gasteiger partial charge in [-0.1, -0.05) is 23.4 Å². The highest BCUT2D eigenvalue weighted by atomic mass is 16.5. The van der Waals surface area contributed by atoms with Crippen molar-refractivity contribution in [2.24, 2.45) is 0 Å². The summed E-state index contributed by atoms with van der Waals surface area (Å²) in [5, 5.41) is 6.91. The molecule has 0 saturated carbocycles. The van der Waals surface area contributed by atoms with Crippen molar-refractivity contribution in [3.05, 3.63) is 78.6 Å². The molecule has 4 rings (SSSR count). The Labute approximate surface area is 161 Å². The molecule has 0 radical (unpaired) electrons. The quantitative estimate of drug-likeness (QED) is 0.568. The van der Waals surface area contributed by atoms with E-state index in [2.05, 4.69) is 20.4 Å². The maximum absolute atomic E-state index is 12.7. The number of aromatic nitrogens is 3. The molecule has 2 heterocycles. The molecule has 2 aromatic carbocycles. The summed E-state index contributed by atoms with van der Waals surface area (Å²) >= 11 is 0. The molecule has 0 bridgehead atoms. The number of rotatable bonds is 5. The van der Waals surface area contributed by atoms with Crippen LogP contribution in [0.4, 0.5) is 5.69 Å². The lowest BCUT2D eigenvalue weighted by atomic mass is 10.1. The van der Waals surface area contributed by atoms with E-state index in [1.54, 1.807) is 62.0 Å². The molecule has 0 fully saturated rings. The molecule has 1 N–H and O–H groups in total. The molecule has 7 heteroatoms. The zero-order valence-electron chi connectivity index (χ0n) is 15.0. The summed E-state index contributed by atoms with van der Waals surface area (Å²) in [4.78, 5) is 21.1. The molecule has 4 aromatic rings. The van der Waals surface area contributed by atoms with E-state index < -0.39 is 0 Å². The van der Waals surface area contributed by atoms with Crippen LogP contribution in [0, 0.1) is 0 Å². The third kappa shape index (κ3) is 3.59. The third-order valence-corrected chi connectivity index (χ3v) is 4.10. The maximum Gasteiger partial charge on any atom is 0.260 e. The highest BCUT2D eigenvalue weighted by Gasteiger charge is 2.16. The Bertz CT molecular complexity index is 1110. The van der Waals surface area contributed by atoms with E-state index in [1.165, 1.54) is 0 Å². The van der Waals surface area contributed by atoms with Gasteiger partial charge in [0.1, 0.15) is 5.75 Å². The Morgan fingerprint density at radius 1 is 1.04 bits per heavy atom. The first-order chi connectivity index (χ1) is 13.7. The normalized spacial score (nSPS) is 10.5. The number of benzene rings is 2. The molecular weight excluding hydrogens is 356 g/mol. The van der Waals surface area contributed by atoms with Gasteiger partial charge in [-0.3, -0.25) is 9.78 Å². The average Bonchev–Trinajstić information content (AvgIpc) is 3.25. The maximum atomic E-state index is 12.7. The zero-order chi connectivity index (χ0) is 19.3. The van der Waals surface area contributed by atoms with E-state index in [9.17, 15) is 4.79 Å². The summed E-state index contributed by atoms with van der Waals surface area (Å²) in [6, 6.07) is 17.8. The highest BCUT2D eigenvalue weighted by Crippen LogP contribution is 2.29. The van der Waals surface area contributed by atoms with Gasteiger partial charge in [-0.25, -0.2) is 0 Å². The lowest BCUT2D eigenvalue weighted by Crippen LogP contribution is -2.12. The van der Waals surface area contributed by atoms with Crippen molar-refractivity contribution in [2.75, 3.05) is 12.4 Å². The number of hydrogen-bond acceptors (Lipinski definition) is 6. The van der Waals surface area contributed by atoms with Gasteiger partial charge in [0.15, 0.2) is 0 Å². The summed E-state index contributed by atoms with van der Waals surface area (Å²) in [5.41, 5.74) is 2.48. The second-order valence-electron chi connectivity index (χ2n) is 5.89. The molecular formula is C21H16N4O3. The van der Waals surface area contributed by atoms with Gasteiger partial charge in [0.05, 0.1) is 18.4 Å². The monoisotopic (exact) mass is 372 g/mol. The number of anilines is 1. The number of carbonyl (C=O) groups is 1. The van der Waals surface area contributed by atoms with Crippen LogP contribution in [-0.4, -0.2) is 28.1 Å². The summed E-state index contributed by atoms with van der Waals surface area (Å²) in [6.45, 7) is 0. The van der Waals surface area contributed by atoms with Crippen LogP contribution in [-0.2, 0) is 0 Å². The molecule has 0 spiro atoms. The Morgan fingerprint density at radius 2 is 1.86 bits per heavy atom. The SMILES string of the molecule is COc1cccc(C(=O)Nc2ccccc2-c2nc(-c3ccncc3)no2)c1. The fourth-order valence-corrected chi connectivity index (χ4v) is 2.69. The molecule has 0 aliphatic carbocycles. The topological polar surface area (TPSA) is 90.1 Å². The summed E-state index contributed by atoms with van der Waals surface area (Å²) in [5.74, 6) is 1.11. The fraction of sp³-hybridized carbons (Fsp3) is 0.0476. The van der Waals surface area contributed by atoms with Gasteiger partial charge in [-0.15, -0.1) is 0 Å². The smallest absolute Gasteiger partial charge is 0.260 e. The molecule has 0 atom stereocenters. The van der Waals surface area contributed by atoms with Gasteiger partial charge in [0, 0.05) is 23.5 Å². The Kier molecular flexibility index (Phi) is 4.79. The molecule has 0 saturated heterocycles. The first-order valence-electron chi connectivity index (χ1n) is 8.53. The number of nitrogens with zero attached hydrogens (tertiary/aromatic N) is 3. The molecule has 0 aliphatic heterocycles. The van der Waals surface area contributed by atoms with Crippen LogP contribution >= 0.6 is 0 Å². The van der Waals surface area contributed by atoms with Crippen LogP contribution in [0.5, 0.6) is 5.75 Å². The molecule has 28 heavy (non-hydrogen) atoms. The standard InChI is InChI=1S/C21H16N4O3/c1-27-16-6-4-5-15(13-16)20(26)23-18-8-3-2-7-17(18)21-24-19(25-28-21)14-9-11-22-12-10-14/h2-13H,1H3,(H,23,26). The second-order valence-corrected chi connectivity index (χ2v) is 5.89. The lowest BCUT2D eigenvalue weighted by Gasteiger charge is -2.09. The lowest BCUT2D eigenvalue weighted by molar-refractivity contribution is 0.102. The van der Waals surface area contributed by atoms with Gasteiger partial charge < -0.3 is 14.6 Å². The number of amides is 1. The number of methoxy groups -OCH3 is 1. The van der Waals surface area contributed by atoms with E-state index in [1.807, 2.05) is 18.2 Å². The van der Waals surface area contributed by atoms with E-state index in [0.717, 1.165) is 5.56 Å². The van der Waals surface area contributed by atoms with Crippen LogP contribution in [0.25, 0.3) is 22.8 Å². The molecule has 7 nitrogen and oxygen atoms in total. The van der Waals surface area contributed by atoms with E-state index in [4.69, 9.17) is 9.26 Å². The zero-order valence-corrected chi connectivity index (χ0v) is 15.0. The minimum atomic E-state index is -0.264. The molecule has 0 aliphatic rings. The predicted octanol–water partition coefficient (Wildman–Crippen LogP) is 4.06. The number of para-hydroxylation sites is 1. The van der Waals surface area contributed by atoms with E-state index in [-0.39, 0.29) is 5.91 Å². The van der Waals surface area contributed by atoms with Gasteiger partial charge in [0.25, 0.3) is 11.8 Å². The van der Waals surface area contributed by atoms with Crippen LogP contribution in [0.3, 0.4) is 0 Å². The minimum absolute atomic E-state index is 0.264. The number of hydrogen-bond donors (Lipinski definition) is 1. The second kappa shape index (κ2) is 7.71.